The van der Waals surface area contributed by atoms with Crippen LogP contribution < -0.4 is 16.9 Å². The van der Waals surface area contributed by atoms with Gasteiger partial charge in [0.05, 0.1) is 12.5 Å². The first-order valence-electron chi connectivity index (χ1n) is 13.4. The fourth-order valence-electron chi connectivity index (χ4n) is 4.64. The summed E-state index contributed by atoms with van der Waals surface area (Å²) in [6, 6.07) is 17.0. The molecular formula is C29H42Cl2N4O4. The summed E-state index contributed by atoms with van der Waals surface area (Å²) < 4.78 is 0. The van der Waals surface area contributed by atoms with Gasteiger partial charge in [-0.05, 0) is 74.6 Å². The van der Waals surface area contributed by atoms with Crippen molar-refractivity contribution in [3.8, 4) is 0 Å². The van der Waals surface area contributed by atoms with Gasteiger partial charge in [0.25, 0.3) is 5.91 Å². The van der Waals surface area contributed by atoms with E-state index in [1.165, 1.54) is 16.0 Å². The van der Waals surface area contributed by atoms with E-state index in [0.29, 0.717) is 32.4 Å². The molecule has 1 aliphatic rings. The third kappa shape index (κ3) is 11.5. The number of halogens is 2. The molecule has 3 rings (SSSR count). The Morgan fingerprint density at radius 3 is 2.15 bits per heavy atom. The molecule has 5 N–H and O–H groups in total. The van der Waals surface area contributed by atoms with Crippen molar-refractivity contribution in [1.82, 2.24) is 10.4 Å². The molecule has 0 radical (unpaired) electrons. The third-order valence-electron chi connectivity index (χ3n) is 6.77. The van der Waals surface area contributed by atoms with Crippen molar-refractivity contribution in [2.45, 2.75) is 76.3 Å². The summed E-state index contributed by atoms with van der Waals surface area (Å²) in [5, 5.41) is 0. The number of nitrogens with zero attached hydrogens (tertiary/aromatic N) is 1. The molecule has 0 spiro atoms. The number of hydrogen-bond acceptors (Lipinski definition) is 6. The fraction of sp³-hybridized carbons (Fsp3) is 0.483. The van der Waals surface area contributed by atoms with Crippen LogP contribution in [0.5, 0.6) is 0 Å². The Balaban J connectivity index is 0.00000380. The highest BCUT2D eigenvalue weighted by Gasteiger charge is 2.37. The Kier molecular flexibility index (Phi) is 16.4. The van der Waals surface area contributed by atoms with Crippen LogP contribution in [-0.2, 0) is 38.5 Å². The Hall–Kier alpha value is -2.65. The molecule has 2 amide bonds. The van der Waals surface area contributed by atoms with Crippen molar-refractivity contribution in [3.05, 3.63) is 71.3 Å². The molecule has 0 saturated carbocycles. The molecule has 1 fully saturated rings. The van der Waals surface area contributed by atoms with E-state index in [-0.39, 0.29) is 37.1 Å². The number of carbonyl (C=O) groups is 3. The largest absolute Gasteiger partial charge is 0.354 e. The second-order valence-corrected chi connectivity index (χ2v) is 9.71. The molecule has 0 aromatic heterocycles. The summed E-state index contributed by atoms with van der Waals surface area (Å²) in [5.74, 6) is -1.32. The zero-order chi connectivity index (χ0) is 26.5. The van der Waals surface area contributed by atoms with Crippen LogP contribution in [0.3, 0.4) is 0 Å². The quantitative estimate of drug-likeness (QED) is 0.245. The zero-order valence-corrected chi connectivity index (χ0v) is 24.0. The van der Waals surface area contributed by atoms with Gasteiger partial charge >= 0.3 is 5.97 Å². The van der Waals surface area contributed by atoms with Gasteiger partial charge in [0, 0.05) is 6.54 Å². The van der Waals surface area contributed by atoms with Crippen molar-refractivity contribution in [3.63, 3.8) is 0 Å². The van der Waals surface area contributed by atoms with Gasteiger partial charge in [0.1, 0.15) is 6.04 Å². The lowest BCUT2D eigenvalue weighted by Gasteiger charge is -2.25. The first-order valence-corrected chi connectivity index (χ1v) is 13.4. The predicted molar refractivity (Wildman–Crippen MR) is 158 cm³/mol. The SMILES string of the molecule is Cl.Cl.NCCCCC(N)C(=O)N1CCCC1C(=O)ONC(=O)Cc1ccc(CCCCc2ccccc2)cc1. The molecule has 1 aliphatic heterocycles. The average molecular weight is 582 g/mol. The second-order valence-electron chi connectivity index (χ2n) is 9.71. The maximum Gasteiger partial charge on any atom is 0.354 e. The molecule has 1 heterocycles. The van der Waals surface area contributed by atoms with Crippen molar-refractivity contribution in [2.75, 3.05) is 13.1 Å². The van der Waals surface area contributed by atoms with E-state index in [2.05, 4.69) is 29.7 Å². The van der Waals surface area contributed by atoms with Crippen LogP contribution in [0.25, 0.3) is 0 Å². The van der Waals surface area contributed by atoms with Gasteiger partial charge in [0.2, 0.25) is 5.91 Å². The number of nitrogens with two attached hydrogens (primary N) is 2. The van der Waals surface area contributed by atoms with Gasteiger partial charge < -0.3 is 21.2 Å². The average Bonchev–Trinajstić information content (AvgIpc) is 3.41. The molecule has 216 valence electrons. The maximum absolute atomic E-state index is 12.7. The minimum Gasteiger partial charge on any atom is -0.338 e. The molecule has 0 aliphatic carbocycles. The number of hydroxylamine groups is 1. The number of benzene rings is 2. The van der Waals surface area contributed by atoms with E-state index in [1.54, 1.807) is 0 Å². The Morgan fingerprint density at radius 2 is 1.51 bits per heavy atom. The number of likely N-dealkylation sites (tertiary alicyclic amines) is 1. The molecule has 2 aromatic carbocycles. The van der Waals surface area contributed by atoms with Gasteiger partial charge in [-0.3, -0.25) is 9.59 Å². The first kappa shape index (κ1) is 34.4. The number of rotatable bonds is 13. The van der Waals surface area contributed by atoms with Crippen LogP contribution >= 0.6 is 24.8 Å². The summed E-state index contributed by atoms with van der Waals surface area (Å²) in [6.45, 7) is 1.01. The fourth-order valence-corrected chi connectivity index (χ4v) is 4.64. The van der Waals surface area contributed by atoms with E-state index >= 15 is 0 Å². The zero-order valence-electron chi connectivity index (χ0n) is 22.4. The summed E-state index contributed by atoms with van der Waals surface area (Å²) in [4.78, 5) is 44.1. The number of nitrogens with one attached hydrogen (secondary N) is 1. The standard InChI is InChI=1S/C29H40N4O4.2ClH/c30-19-7-6-13-25(31)28(35)33-20-8-14-26(33)29(36)37-32-27(34)21-24-17-15-23(16-18-24)12-5-4-11-22-9-2-1-3-10-22;;/h1-3,9-10,15-18,25-26H,4-8,11-14,19-21,30-31H2,(H,32,34);2*1H. The molecular weight excluding hydrogens is 539 g/mol. The molecule has 2 atom stereocenters. The number of aryl methyl sites for hydroxylation is 2. The Bertz CT molecular complexity index is 1010. The van der Waals surface area contributed by atoms with E-state index in [0.717, 1.165) is 44.1 Å². The van der Waals surface area contributed by atoms with Crippen LogP contribution in [0.4, 0.5) is 0 Å². The monoisotopic (exact) mass is 580 g/mol. The maximum atomic E-state index is 12.7. The molecule has 39 heavy (non-hydrogen) atoms. The van der Waals surface area contributed by atoms with Gasteiger partial charge in [-0.2, -0.15) is 5.48 Å². The number of hydrogen-bond donors (Lipinski definition) is 3. The highest BCUT2D eigenvalue weighted by Crippen LogP contribution is 2.20. The summed E-state index contributed by atoms with van der Waals surface area (Å²) in [5.41, 5.74) is 17.2. The van der Waals surface area contributed by atoms with Crippen molar-refractivity contribution in [1.29, 1.82) is 0 Å². The summed E-state index contributed by atoms with van der Waals surface area (Å²) in [7, 11) is 0. The van der Waals surface area contributed by atoms with Crippen LogP contribution in [0.1, 0.15) is 61.6 Å². The topological polar surface area (TPSA) is 128 Å². The van der Waals surface area contributed by atoms with Crippen LogP contribution in [-0.4, -0.2) is 47.9 Å². The Labute approximate surface area is 244 Å². The number of amides is 2. The van der Waals surface area contributed by atoms with Gasteiger partial charge in [0.15, 0.2) is 0 Å². The third-order valence-corrected chi connectivity index (χ3v) is 6.77. The molecule has 1 saturated heterocycles. The van der Waals surface area contributed by atoms with E-state index in [4.69, 9.17) is 16.3 Å². The normalized spacial score (nSPS) is 15.0. The lowest BCUT2D eigenvalue weighted by Crippen LogP contribution is -2.49. The smallest absolute Gasteiger partial charge is 0.338 e. The lowest BCUT2D eigenvalue weighted by molar-refractivity contribution is -0.164. The van der Waals surface area contributed by atoms with Crippen LogP contribution in [0.2, 0.25) is 0 Å². The minimum absolute atomic E-state index is 0. The Morgan fingerprint density at radius 1 is 0.897 bits per heavy atom. The molecule has 8 nitrogen and oxygen atoms in total. The van der Waals surface area contributed by atoms with Crippen LogP contribution in [0, 0.1) is 0 Å². The van der Waals surface area contributed by atoms with Gasteiger partial charge in [-0.25, -0.2) is 4.79 Å². The highest BCUT2D eigenvalue weighted by atomic mass is 35.5. The highest BCUT2D eigenvalue weighted by molar-refractivity contribution is 5.88. The second kappa shape index (κ2) is 18.6. The number of unbranched alkanes of at least 4 members (excludes halogenated alkanes) is 2. The van der Waals surface area contributed by atoms with Crippen molar-refractivity contribution < 1.29 is 19.2 Å². The van der Waals surface area contributed by atoms with Crippen LogP contribution in [0.15, 0.2) is 54.6 Å². The number of carbonyl (C=O) groups excluding carboxylic acids is 3. The van der Waals surface area contributed by atoms with Crippen molar-refractivity contribution >= 4 is 42.6 Å². The first-order chi connectivity index (χ1) is 18.0. The summed E-state index contributed by atoms with van der Waals surface area (Å²) in [6.07, 6.45) is 7.66. The molecule has 0 bridgehead atoms. The van der Waals surface area contributed by atoms with Crippen molar-refractivity contribution in [2.24, 2.45) is 11.5 Å². The summed E-state index contributed by atoms with van der Waals surface area (Å²) >= 11 is 0. The molecule has 10 heteroatoms. The van der Waals surface area contributed by atoms with E-state index in [1.807, 2.05) is 30.3 Å². The molecule has 2 aromatic rings. The van der Waals surface area contributed by atoms with Gasteiger partial charge in [-0.15, -0.1) is 24.8 Å². The van der Waals surface area contributed by atoms with E-state index < -0.39 is 24.0 Å². The minimum atomic E-state index is -0.727. The van der Waals surface area contributed by atoms with Gasteiger partial charge in [-0.1, -0.05) is 61.0 Å². The van der Waals surface area contributed by atoms with E-state index in [9.17, 15) is 14.4 Å². The lowest BCUT2D eigenvalue weighted by atomic mass is 10.0. The predicted octanol–water partition coefficient (Wildman–Crippen LogP) is 3.66. The molecule has 2 unspecified atom stereocenters.